The minimum atomic E-state index is -0.331. The third kappa shape index (κ3) is 3.26. The Morgan fingerprint density at radius 1 is 1.25 bits per heavy atom. The Labute approximate surface area is 82.9 Å². The summed E-state index contributed by atoms with van der Waals surface area (Å²) in [5, 5.41) is 0. The zero-order valence-electron chi connectivity index (χ0n) is 6.29. The van der Waals surface area contributed by atoms with E-state index in [1.165, 1.54) is 6.07 Å². The molecule has 0 saturated heterocycles. The fourth-order valence-electron chi connectivity index (χ4n) is 0.729. The first-order valence-electron chi connectivity index (χ1n) is 2.98. The third-order valence-corrected chi connectivity index (χ3v) is 1.30. The van der Waals surface area contributed by atoms with Crippen molar-refractivity contribution in [2.75, 3.05) is 5.73 Å². The lowest BCUT2D eigenvalue weighted by Crippen LogP contribution is -2.00. The van der Waals surface area contributed by atoms with Crippen molar-refractivity contribution in [3.05, 3.63) is 29.6 Å². The van der Waals surface area contributed by atoms with Gasteiger partial charge in [0.2, 0.25) is 0 Å². The molecule has 2 nitrogen and oxygen atoms in total. The van der Waals surface area contributed by atoms with E-state index in [9.17, 15) is 4.39 Å². The molecule has 0 spiro atoms. The monoisotopic (exact) mass is 212 g/mol. The normalized spacial score (nSPS) is 8.17. The second-order valence-corrected chi connectivity index (χ2v) is 2.05. The van der Waals surface area contributed by atoms with Crippen molar-refractivity contribution in [3.8, 4) is 0 Å². The Hall–Kier alpha value is -0.510. The van der Waals surface area contributed by atoms with Gasteiger partial charge in [-0.2, -0.15) is 0 Å². The molecule has 1 aromatic carbocycles. The molecule has 1 rings (SSSR count). The van der Waals surface area contributed by atoms with E-state index in [1.54, 1.807) is 12.1 Å². The Kier molecular flexibility index (Phi) is 7.09. The molecule has 5 heteroatoms. The van der Waals surface area contributed by atoms with Gasteiger partial charge in [0.15, 0.2) is 0 Å². The van der Waals surface area contributed by atoms with Crippen LogP contribution in [0.3, 0.4) is 0 Å². The molecular weight excluding hydrogens is 202 g/mol. The van der Waals surface area contributed by atoms with Gasteiger partial charge in [0.1, 0.15) is 5.82 Å². The average molecular weight is 213 g/mol. The first-order valence-corrected chi connectivity index (χ1v) is 2.98. The van der Waals surface area contributed by atoms with Crippen molar-refractivity contribution in [2.45, 2.75) is 6.54 Å². The lowest BCUT2D eigenvalue weighted by Gasteiger charge is -1.98. The molecule has 4 N–H and O–H groups in total. The molecule has 0 aliphatic heterocycles. The van der Waals surface area contributed by atoms with Crippen LogP contribution in [0.1, 0.15) is 5.56 Å². The van der Waals surface area contributed by atoms with Crippen molar-refractivity contribution in [3.63, 3.8) is 0 Å². The highest BCUT2D eigenvalue weighted by molar-refractivity contribution is 5.85. The molecule has 1 aromatic rings. The number of nitrogens with two attached hydrogens (primary N) is 2. The van der Waals surface area contributed by atoms with Gasteiger partial charge >= 0.3 is 0 Å². The molecule has 0 fully saturated rings. The maximum Gasteiger partial charge on any atom is 0.129 e. The lowest BCUT2D eigenvalue weighted by atomic mass is 10.2. The number of halogens is 3. The standard InChI is InChI=1S/C7H9FN2.2ClH/c8-7-3-6(10)2-1-5(7)4-9;;/h1-3H,4,9-10H2;2*1H. The van der Waals surface area contributed by atoms with Crippen molar-refractivity contribution in [1.82, 2.24) is 0 Å². The molecule has 70 valence electrons. The molecule has 0 amide bonds. The number of anilines is 1. The van der Waals surface area contributed by atoms with Crippen LogP contribution >= 0.6 is 24.8 Å². The number of hydrogen-bond acceptors (Lipinski definition) is 2. The van der Waals surface area contributed by atoms with Crippen LogP contribution in [-0.4, -0.2) is 0 Å². The highest BCUT2D eigenvalue weighted by Crippen LogP contribution is 2.10. The predicted molar refractivity (Wildman–Crippen MR) is 53.2 cm³/mol. The summed E-state index contributed by atoms with van der Waals surface area (Å²) in [6.07, 6.45) is 0. The number of rotatable bonds is 1. The van der Waals surface area contributed by atoms with Crippen molar-refractivity contribution in [1.29, 1.82) is 0 Å². The largest absolute Gasteiger partial charge is 0.399 e. The van der Waals surface area contributed by atoms with Gasteiger partial charge < -0.3 is 11.5 Å². The smallest absolute Gasteiger partial charge is 0.129 e. The third-order valence-electron chi connectivity index (χ3n) is 1.30. The second-order valence-electron chi connectivity index (χ2n) is 2.05. The minimum Gasteiger partial charge on any atom is -0.399 e. The first kappa shape index (κ1) is 14.0. The van der Waals surface area contributed by atoms with E-state index < -0.39 is 0 Å². The van der Waals surface area contributed by atoms with Gasteiger partial charge in [0.25, 0.3) is 0 Å². The van der Waals surface area contributed by atoms with Crippen LogP contribution in [0.15, 0.2) is 18.2 Å². The summed E-state index contributed by atoms with van der Waals surface area (Å²) in [5.41, 5.74) is 11.4. The highest BCUT2D eigenvalue weighted by Gasteiger charge is 1.97. The molecule has 12 heavy (non-hydrogen) atoms. The van der Waals surface area contributed by atoms with Gasteiger partial charge in [0, 0.05) is 17.8 Å². The van der Waals surface area contributed by atoms with Crippen LogP contribution < -0.4 is 11.5 Å². The first-order chi connectivity index (χ1) is 4.74. The molecular formula is C7H11Cl2FN2. The van der Waals surface area contributed by atoms with Crippen LogP contribution in [0.5, 0.6) is 0 Å². The average Bonchev–Trinajstić information content (AvgIpc) is 1.88. The fraction of sp³-hybridized carbons (Fsp3) is 0.143. The summed E-state index contributed by atoms with van der Waals surface area (Å²) in [4.78, 5) is 0. The Morgan fingerprint density at radius 2 is 1.83 bits per heavy atom. The zero-order valence-corrected chi connectivity index (χ0v) is 7.92. The molecule has 0 aliphatic carbocycles. The quantitative estimate of drug-likeness (QED) is 0.697. The van der Waals surface area contributed by atoms with E-state index in [4.69, 9.17) is 11.5 Å². The Bertz CT molecular complexity index is 243. The van der Waals surface area contributed by atoms with E-state index in [1.807, 2.05) is 0 Å². The topological polar surface area (TPSA) is 52.0 Å². The maximum absolute atomic E-state index is 12.7. The van der Waals surface area contributed by atoms with Gasteiger partial charge in [-0.15, -0.1) is 24.8 Å². The summed E-state index contributed by atoms with van der Waals surface area (Å²) in [7, 11) is 0. The Morgan fingerprint density at radius 3 is 2.25 bits per heavy atom. The van der Waals surface area contributed by atoms with E-state index in [-0.39, 0.29) is 37.2 Å². The number of benzene rings is 1. The Balaban J connectivity index is 0. The van der Waals surface area contributed by atoms with E-state index in [0.29, 0.717) is 11.3 Å². The minimum absolute atomic E-state index is 0. The van der Waals surface area contributed by atoms with Crippen molar-refractivity contribution in [2.24, 2.45) is 5.73 Å². The van der Waals surface area contributed by atoms with Gasteiger partial charge in [-0.25, -0.2) is 4.39 Å². The molecule has 0 aliphatic rings. The SMILES string of the molecule is Cl.Cl.NCc1ccc(N)cc1F. The maximum atomic E-state index is 12.7. The van der Waals surface area contributed by atoms with Crippen molar-refractivity contribution < 1.29 is 4.39 Å². The summed E-state index contributed by atoms with van der Waals surface area (Å²) in [5.74, 6) is -0.331. The zero-order chi connectivity index (χ0) is 7.56. The van der Waals surface area contributed by atoms with Crippen LogP contribution in [0.2, 0.25) is 0 Å². The van der Waals surface area contributed by atoms with Crippen LogP contribution in [-0.2, 0) is 6.54 Å². The predicted octanol–water partition coefficient (Wildman–Crippen LogP) is 1.71. The molecule has 0 radical (unpaired) electrons. The summed E-state index contributed by atoms with van der Waals surface area (Å²) in [6, 6.07) is 4.48. The van der Waals surface area contributed by atoms with Crippen LogP contribution in [0.25, 0.3) is 0 Å². The molecule has 0 atom stereocenters. The molecule has 0 aromatic heterocycles. The van der Waals surface area contributed by atoms with E-state index in [0.717, 1.165) is 0 Å². The van der Waals surface area contributed by atoms with Crippen molar-refractivity contribution >= 4 is 30.5 Å². The number of hydrogen-bond donors (Lipinski definition) is 2. The van der Waals surface area contributed by atoms with E-state index in [2.05, 4.69) is 0 Å². The van der Waals surface area contributed by atoms with Crippen LogP contribution in [0, 0.1) is 5.82 Å². The lowest BCUT2D eigenvalue weighted by molar-refractivity contribution is 0.611. The summed E-state index contributed by atoms with van der Waals surface area (Å²) < 4.78 is 12.7. The van der Waals surface area contributed by atoms with Crippen LogP contribution in [0.4, 0.5) is 10.1 Å². The summed E-state index contributed by atoms with van der Waals surface area (Å²) >= 11 is 0. The fourth-order valence-corrected chi connectivity index (χ4v) is 0.729. The highest BCUT2D eigenvalue weighted by atomic mass is 35.5. The van der Waals surface area contributed by atoms with Gasteiger partial charge in [0.05, 0.1) is 0 Å². The van der Waals surface area contributed by atoms with Gasteiger partial charge in [-0.1, -0.05) is 6.07 Å². The molecule has 0 saturated carbocycles. The number of nitrogen functional groups attached to an aromatic ring is 1. The molecule has 0 unspecified atom stereocenters. The molecule has 0 bridgehead atoms. The molecule has 0 heterocycles. The second kappa shape index (κ2) is 6.06. The van der Waals surface area contributed by atoms with E-state index >= 15 is 0 Å². The van der Waals surface area contributed by atoms with Gasteiger partial charge in [-0.3, -0.25) is 0 Å². The summed E-state index contributed by atoms with van der Waals surface area (Å²) in [6.45, 7) is 0.214. The van der Waals surface area contributed by atoms with Gasteiger partial charge in [-0.05, 0) is 12.1 Å².